The van der Waals surface area contributed by atoms with Gasteiger partial charge in [-0.15, -0.1) is 16.4 Å². The first kappa shape index (κ1) is 21.1. The van der Waals surface area contributed by atoms with E-state index in [4.69, 9.17) is 0 Å². The van der Waals surface area contributed by atoms with Crippen LogP contribution in [0.25, 0.3) is 16.0 Å². The van der Waals surface area contributed by atoms with Crippen LogP contribution in [0.2, 0.25) is 0 Å². The van der Waals surface area contributed by atoms with E-state index in [1.165, 1.54) is 25.9 Å². The van der Waals surface area contributed by atoms with Gasteiger partial charge in [-0.2, -0.15) is 0 Å². The third kappa shape index (κ3) is 3.72. The molecular formula is C25H22N4O3S. The van der Waals surface area contributed by atoms with E-state index in [2.05, 4.69) is 12.0 Å². The molecule has 0 fully saturated rings. The van der Waals surface area contributed by atoms with Gasteiger partial charge in [-0.25, -0.2) is 13.9 Å². The number of nitrogens with zero attached hydrogens (tertiary/aromatic N) is 4. The molecule has 8 heteroatoms. The summed E-state index contributed by atoms with van der Waals surface area (Å²) in [5.74, 6) is 0.0123. The lowest BCUT2D eigenvalue weighted by Crippen LogP contribution is -2.27. The zero-order valence-electron chi connectivity index (χ0n) is 18.3. The fourth-order valence-corrected chi connectivity index (χ4v) is 4.73. The van der Waals surface area contributed by atoms with E-state index < -0.39 is 5.69 Å². The average molecular weight is 459 g/mol. The minimum Gasteiger partial charge on any atom is -0.292 e. The highest BCUT2D eigenvalue weighted by atomic mass is 32.1. The summed E-state index contributed by atoms with van der Waals surface area (Å²) < 4.78 is 4.56. The molecule has 166 valence electrons. The Morgan fingerprint density at radius 1 is 0.970 bits per heavy atom. The van der Waals surface area contributed by atoms with Crippen molar-refractivity contribution in [1.29, 1.82) is 0 Å². The van der Waals surface area contributed by atoms with E-state index in [1.54, 1.807) is 23.6 Å². The van der Waals surface area contributed by atoms with Crippen LogP contribution in [0.4, 0.5) is 0 Å². The van der Waals surface area contributed by atoms with E-state index in [1.807, 2.05) is 43.3 Å². The molecule has 0 saturated carbocycles. The maximum Gasteiger partial charge on any atom is 0.352 e. The Balaban J connectivity index is 1.63. The minimum absolute atomic E-state index is 0.200. The lowest BCUT2D eigenvalue weighted by Gasteiger charge is -2.08. The van der Waals surface area contributed by atoms with Crippen LogP contribution in [-0.2, 0) is 19.5 Å². The first-order valence-electron chi connectivity index (χ1n) is 10.7. The van der Waals surface area contributed by atoms with Crippen molar-refractivity contribution in [3.05, 3.63) is 103 Å². The minimum atomic E-state index is -0.441. The van der Waals surface area contributed by atoms with Crippen LogP contribution in [0.5, 0.6) is 0 Å². The molecule has 0 aliphatic rings. The van der Waals surface area contributed by atoms with Gasteiger partial charge >= 0.3 is 5.69 Å². The summed E-state index contributed by atoms with van der Waals surface area (Å²) in [6.07, 6.45) is 0.931. The normalized spacial score (nSPS) is 11.5. The van der Waals surface area contributed by atoms with E-state index in [0.717, 1.165) is 22.2 Å². The van der Waals surface area contributed by atoms with Gasteiger partial charge in [-0.3, -0.25) is 14.2 Å². The number of rotatable bonds is 6. The third-order valence-corrected chi connectivity index (χ3v) is 6.72. The van der Waals surface area contributed by atoms with Crippen LogP contribution in [0.3, 0.4) is 0 Å². The second kappa shape index (κ2) is 8.29. The van der Waals surface area contributed by atoms with Crippen molar-refractivity contribution in [2.24, 2.45) is 0 Å². The molecule has 0 aliphatic carbocycles. The molecule has 0 bridgehead atoms. The maximum absolute atomic E-state index is 13.3. The second-order valence-electron chi connectivity index (χ2n) is 8.06. The Kier molecular flexibility index (Phi) is 5.30. The fourth-order valence-electron chi connectivity index (χ4n) is 3.91. The number of benzene rings is 2. The lowest BCUT2D eigenvalue weighted by atomic mass is 10.1. The number of hydrogen-bond acceptors (Lipinski definition) is 5. The van der Waals surface area contributed by atoms with Gasteiger partial charge in [0.1, 0.15) is 11.2 Å². The van der Waals surface area contributed by atoms with Crippen LogP contribution in [0.15, 0.2) is 69.6 Å². The van der Waals surface area contributed by atoms with Gasteiger partial charge < -0.3 is 0 Å². The summed E-state index contributed by atoms with van der Waals surface area (Å²) in [5.41, 5.74) is 3.57. The van der Waals surface area contributed by atoms with Crippen molar-refractivity contribution >= 4 is 33.1 Å². The summed E-state index contributed by atoms with van der Waals surface area (Å²) in [5, 5.41) is 6.21. The van der Waals surface area contributed by atoms with Crippen molar-refractivity contribution in [3.8, 4) is 0 Å². The zero-order chi connectivity index (χ0) is 23.1. The van der Waals surface area contributed by atoms with Crippen LogP contribution in [0, 0.1) is 6.92 Å². The van der Waals surface area contributed by atoms with Crippen molar-refractivity contribution in [2.45, 2.75) is 33.4 Å². The zero-order valence-corrected chi connectivity index (χ0v) is 19.1. The molecule has 0 unspecified atom stereocenters. The molecule has 0 saturated heterocycles. The molecule has 3 aromatic heterocycles. The predicted molar refractivity (Wildman–Crippen MR) is 130 cm³/mol. The van der Waals surface area contributed by atoms with Crippen LogP contribution < -0.4 is 11.2 Å². The summed E-state index contributed by atoms with van der Waals surface area (Å²) in [7, 11) is 0. The Labute approximate surface area is 193 Å². The summed E-state index contributed by atoms with van der Waals surface area (Å²) in [6, 6.07) is 17.0. The number of fused-ring (bicyclic) bond motifs is 3. The standard InChI is InChI=1S/C25H22N4O3S/c1-3-17-6-8-18(9-7-17)14-27-23(31)22-20(12-13-33-22)29-24(27)26-28(25(29)32)15-21(30)19-10-4-16(2)5-11-19/h4-13H,3,14-15H2,1-2H3. The van der Waals surface area contributed by atoms with Crippen LogP contribution >= 0.6 is 11.3 Å². The van der Waals surface area contributed by atoms with Gasteiger partial charge in [0.2, 0.25) is 5.78 Å². The monoisotopic (exact) mass is 458 g/mol. The average Bonchev–Trinajstić information content (AvgIpc) is 3.42. The number of thiophene rings is 1. The van der Waals surface area contributed by atoms with Crippen molar-refractivity contribution in [2.75, 3.05) is 0 Å². The smallest absolute Gasteiger partial charge is 0.292 e. The Morgan fingerprint density at radius 2 is 1.67 bits per heavy atom. The van der Waals surface area contributed by atoms with E-state index in [0.29, 0.717) is 15.8 Å². The molecule has 0 spiro atoms. The molecule has 7 nitrogen and oxygen atoms in total. The Morgan fingerprint density at radius 3 is 2.36 bits per heavy atom. The Hall–Kier alpha value is -3.78. The molecule has 0 radical (unpaired) electrons. The maximum atomic E-state index is 13.3. The van der Waals surface area contributed by atoms with Gasteiger partial charge in [0.25, 0.3) is 5.56 Å². The van der Waals surface area contributed by atoms with Gasteiger partial charge in [0.05, 0.1) is 12.1 Å². The highest BCUT2D eigenvalue weighted by Crippen LogP contribution is 2.18. The predicted octanol–water partition coefficient (Wildman–Crippen LogP) is 3.67. The highest BCUT2D eigenvalue weighted by Gasteiger charge is 2.20. The number of Topliss-reactive ketones (excluding diaryl/α,β-unsaturated/α-hetero) is 1. The molecule has 0 amide bonds. The van der Waals surface area contributed by atoms with Gasteiger partial charge in [-0.1, -0.05) is 61.0 Å². The van der Waals surface area contributed by atoms with E-state index >= 15 is 0 Å². The van der Waals surface area contributed by atoms with Crippen LogP contribution in [-0.4, -0.2) is 24.5 Å². The largest absolute Gasteiger partial charge is 0.352 e. The second-order valence-corrected chi connectivity index (χ2v) is 8.98. The van der Waals surface area contributed by atoms with Crippen molar-refractivity contribution < 1.29 is 4.79 Å². The van der Waals surface area contributed by atoms with Crippen LogP contribution in [0.1, 0.15) is 34.0 Å². The van der Waals surface area contributed by atoms with Crippen molar-refractivity contribution in [3.63, 3.8) is 0 Å². The topological polar surface area (TPSA) is 78.4 Å². The summed E-state index contributed by atoms with van der Waals surface area (Å²) in [6.45, 7) is 4.11. The van der Waals surface area contributed by atoms with Gasteiger partial charge in [-0.05, 0) is 35.9 Å². The fraction of sp³-hybridized carbons (Fsp3) is 0.200. The molecule has 0 atom stereocenters. The molecule has 5 aromatic rings. The first-order valence-corrected chi connectivity index (χ1v) is 11.6. The lowest BCUT2D eigenvalue weighted by molar-refractivity contribution is 0.0966. The number of carbonyl (C=O) groups excluding carboxylic acids is 1. The SMILES string of the molecule is CCc1ccc(Cn2c(=O)c3sccc3n3c(=O)n(CC(=O)c4ccc(C)cc4)nc23)cc1. The van der Waals surface area contributed by atoms with Gasteiger partial charge in [0, 0.05) is 5.56 Å². The first-order chi connectivity index (χ1) is 16.0. The number of hydrogen-bond donors (Lipinski definition) is 0. The highest BCUT2D eigenvalue weighted by molar-refractivity contribution is 7.17. The molecule has 5 rings (SSSR count). The van der Waals surface area contributed by atoms with E-state index in [-0.39, 0.29) is 30.2 Å². The quantitative estimate of drug-likeness (QED) is 0.364. The number of aromatic nitrogens is 4. The molecular weight excluding hydrogens is 436 g/mol. The number of carbonyl (C=O) groups is 1. The molecule has 33 heavy (non-hydrogen) atoms. The summed E-state index contributed by atoms with van der Waals surface area (Å²) >= 11 is 1.29. The summed E-state index contributed by atoms with van der Waals surface area (Å²) in [4.78, 5) is 39.3. The number of aryl methyl sites for hydroxylation is 2. The van der Waals surface area contributed by atoms with E-state index in [9.17, 15) is 14.4 Å². The third-order valence-electron chi connectivity index (χ3n) is 5.83. The molecule has 0 aliphatic heterocycles. The molecule has 0 N–H and O–H groups in total. The van der Waals surface area contributed by atoms with Crippen molar-refractivity contribution in [1.82, 2.24) is 18.7 Å². The number of ketones is 1. The van der Waals surface area contributed by atoms with Gasteiger partial charge in [0.15, 0.2) is 5.78 Å². The molecule has 2 aromatic carbocycles. The Bertz CT molecular complexity index is 1600. The molecule has 3 heterocycles.